The number of aromatic nitrogens is 2. The van der Waals surface area contributed by atoms with Crippen molar-refractivity contribution in [3.63, 3.8) is 0 Å². The molecule has 0 radical (unpaired) electrons. The van der Waals surface area contributed by atoms with Crippen molar-refractivity contribution in [1.29, 1.82) is 0 Å². The van der Waals surface area contributed by atoms with Gasteiger partial charge in [0.1, 0.15) is 17.9 Å². The Labute approximate surface area is 387 Å². The number of ether oxygens (including phenoxy) is 2. The molecular formula is C47H52ClN9O8S. The van der Waals surface area contributed by atoms with Crippen molar-refractivity contribution in [2.24, 2.45) is 5.41 Å². The van der Waals surface area contributed by atoms with Crippen LogP contribution in [0, 0.1) is 15.5 Å². The van der Waals surface area contributed by atoms with E-state index in [9.17, 15) is 28.1 Å². The Morgan fingerprint density at radius 1 is 1.02 bits per heavy atom. The van der Waals surface area contributed by atoms with Crippen LogP contribution in [0.3, 0.4) is 0 Å². The van der Waals surface area contributed by atoms with Gasteiger partial charge < -0.3 is 29.6 Å². The molecule has 3 N–H and O–H groups in total. The highest BCUT2D eigenvalue weighted by Gasteiger charge is 2.35. The molecule has 2 saturated heterocycles. The third kappa shape index (κ3) is 9.46. The molecule has 1 unspecified atom stereocenters. The maximum Gasteiger partial charge on any atom is 0.293 e. The zero-order valence-corrected chi connectivity index (χ0v) is 38.6. The third-order valence-electron chi connectivity index (χ3n) is 12.9. The number of anilines is 5. The van der Waals surface area contributed by atoms with Gasteiger partial charge in [0.15, 0.2) is 5.82 Å². The summed E-state index contributed by atoms with van der Waals surface area (Å²) in [5.41, 5.74) is 6.02. The topological polar surface area (TPSA) is 196 Å². The number of sulfonamides is 1. The van der Waals surface area contributed by atoms with Gasteiger partial charge in [-0.25, -0.2) is 18.1 Å². The Morgan fingerprint density at radius 3 is 2.55 bits per heavy atom. The lowest BCUT2D eigenvalue weighted by Crippen LogP contribution is -2.47. The molecule has 4 aliphatic rings. The fourth-order valence-corrected chi connectivity index (χ4v) is 10.3. The number of piperazine rings is 1. The number of nitro groups is 1. The van der Waals surface area contributed by atoms with E-state index in [-0.39, 0.29) is 41.8 Å². The van der Waals surface area contributed by atoms with E-state index in [1.54, 1.807) is 30.3 Å². The van der Waals surface area contributed by atoms with Crippen molar-refractivity contribution in [1.82, 2.24) is 19.6 Å². The van der Waals surface area contributed by atoms with Gasteiger partial charge in [0.25, 0.3) is 21.6 Å². The average Bonchev–Trinajstić information content (AvgIpc) is 3.78. The molecule has 3 aromatic carbocycles. The van der Waals surface area contributed by atoms with Gasteiger partial charge in [0.05, 0.1) is 52.7 Å². The van der Waals surface area contributed by atoms with Crippen LogP contribution in [0.1, 0.15) is 49.0 Å². The lowest BCUT2D eigenvalue weighted by atomic mass is 9.72. The molecule has 66 heavy (non-hydrogen) atoms. The molecular weight excluding hydrogens is 886 g/mol. The maximum atomic E-state index is 14.4. The summed E-state index contributed by atoms with van der Waals surface area (Å²) >= 11 is 6.26. The summed E-state index contributed by atoms with van der Waals surface area (Å²) < 4.78 is 41.0. The van der Waals surface area contributed by atoms with Crippen molar-refractivity contribution in [3.8, 4) is 0 Å². The fourth-order valence-electron chi connectivity index (χ4n) is 9.19. The number of fused-ring (bicyclic) bond motifs is 2. The first-order valence-electron chi connectivity index (χ1n) is 22.0. The van der Waals surface area contributed by atoms with E-state index >= 15 is 0 Å². The Balaban J connectivity index is 0.999. The van der Waals surface area contributed by atoms with Gasteiger partial charge in [-0.2, -0.15) is 0 Å². The van der Waals surface area contributed by atoms with Crippen molar-refractivity contribution < 1.29 is 32.4 Å². The van der Waals surface area contributed by atoms with Crippen LogP contribution in [0.2, 0.25) is 5.02 Å². The van der Waals surface area contributed by atoms with Gasteiger partial charge in [-0.15, -0.1) is 0 Å². The van der Waals surface area contributed by atoms with Crippen LogP contribution in [0.4, 0.5) is 34.3 Å². The van der Waals surface area contributed by atoms with Crippen LogP contribution in [-0.2, 0) is 24.3 Å². The summed E-state index contributed by atoms with van der Waals surface area (Å²) in [5, 5.41) is 16.6. The maximum absolute atomic E-state index is 14.4. The molecule has 0 spiro atoms. The standard InChI is InChI=1S/C47H52ClN9O8S/c1-47(2)14-12-32(38(25-47)30-4-6-33(48)7-5-30)27-54-16-18-55(19-17-54)34-8-10-37(40(23-34)56-28-43(58)53(3)45-42(56)22-31-13-15-49-44(31)51-45)46(59)52-66(62,63)36-9-11-39(41(24-36)57(60)61)50-26-35-29-64-20-21-65-35/h4-11,13,15,22-24,35,50H,12,14,16-21,25-29H2,1-3H3,(H,49,51)(H,52,59). The molecule has 5 aromatic rings. The zero-order chi connectivity index (χ0) is 46.3. The molecule has 2 aromatic heterocycles. The van der Waals surface area contributed by atoms with Crippen molar-refractivity contribution in [3.05, 3.63) is 111 Å². The number of hydrogen-bond donors (Lipinski definition) is 3. The van der Waals surface area contributed by atoms with E-state index in [0.29, 0.717) is 60.8 Å². The molecule has 5 heterocycles. The highest BCUT2D eigenvalue weighted by Crippen LogP contribution is 2.44. The minimum atomic E-state index is -4.66. The first-order chi connectivity index (χ1) is 31.6. The number of benzene rings is 3. The quantitative estimate of drug-likeness (QED) is 0.0858. The molecule has 2 fully saturated rings. The minimum absolute atomic E-state index is 0.0252. The summed E-state index contributed by atoms with van der Waals surface area (Å²) in [6.45, 7) is 9.64. The molecule has 17 nitrogen and oxygen atoms in total. The lowest BCUT2D eigenvalue weighted by molar-refractivity contribution is -0.384. The first-order valence-corrected chi connectivity index (χ1v) is 23.9. The average molecular weight is 939 g/mol. The van der Waals surface area contributed by atoms with Gasteiger partial charge >= 0.3 is 0 Å². The monoisotopic (exact) mass is 937 g/mol. The number of pyridine rings is 1. The van der Waals surface area contributed by atoms with Crippen LogP contribution in [0.15, 0.2) is 89.5 Å². The predicted octanol–water partition coefficient (Wildman–Crippen LogP) is 6.97. The number of likely N-dealkylation sites (N-methyl/N-ethyl adjacent to an activating group) is 1. The summed E-state index contributed by atoms with van der Waals surface area (Å²) in [7, 11) is -3.02. The number of hydrogen-bond acceptors (Lipinski definition) is 13. The number of nitro benzene ring substituents is 1. The second kappa shape index (κ2) is 18.3. The zero-order valence-electron chi connectivity index (χ0n) is 37.0. The predicted molar refractivity (Wildman–Crippen MR) is 254 cm³/mol. The van der Waals surface area contributed by atoms with Crippen LogP contribution >= 0.6 is 11.6 Å². The Bertz CT molecular complexity index is 2840. The van der Waals surface area contributed by atoms with E-state index in [1.165, 1.54) is 33.7 Å². The number of allylic oxidation sites excluding steroid dienone is 1. The van der Waals surface area contributed by atoms with Crippen LogP contribution in [0.25, 0.3) is 16.6 Å². The van der Waals surface area contributed by atoms with Gasteiger partial charge in [0, 0.05) is 74.7 Å². The normalized spacial score (nSPS) is 19.2. The second-order valence-corrected chi connectivity index (χ2v) is 20.1. The minimum Gasteiger partial charge on any atom is -0.377 e. The van der Waals surface area contributed by atoms with Gasteiger partial charge in [-0.05, 0) is 90.4 Å². The largest absolute Gasteiger partial charge is 0.377 e. The number of H-pyrrole nitrogens is 1. The highest BCUT2D eigenvalue weighted by atomic mass is 35.5. The summed E-state index contributed by atoms with van der Waals surface area (Å²) in [6, 6.07) is 20.4. The molecule has 1 aliphatic carbocycles. The van der Waals surface area contributed by atoms with Crippen LogP contribution in [0.5, 0.6) is 0 Å². The van der Waals surface area contributed by atoms with Crippen molar-refractivity contribution >= 4 is 84.3 Å². The molecule has 1 atom stereocenters. The molecule has 9 rings (SSSR count). The smallest absolute Gasteiger partial charge is 0.293 e. The van der Waals surface area contributed by atoms with Gasteiger partial charge in [-0.1, -0.05) is 43.2 Å². The van der Waals surface area contributed by atoms with Crippen molar-refractivity contribution in [2.45, 2.75) is 44.1 Å². The summed E-state index contributed by atoms with van der Waals surface area (Å²) in [4.78, 5) is 54.7. The Hall–Kier alpha value is -6.05. The van der Waals surface area contributed by atoms with Gasteiger partial charge in [0.2, 0.25) is 5.91 Å². The number of nitrogens with one attached hydrogen (secondary N) is 3. The van der Waals surface area contributed by atoms with Crippen molar-refractivity contribution in [2.75, 3.05) is 92.7 Å². The molecule has 2 amide bonds. The molecule has 19 heteroatoms. The van der Waals surface area contributed by atoms with E-state index in [2.05, 4.69) is 50.8 Å². The Morgan fingerprint density at radius 2 is 1.80 bits per heavy atom. The number of halogens is 1. The number of aromatic amines is 1. The summed E-state index contributed by atoms with van der Waals surface area (Å²) in [6.07, 6.45) is 4.53. The van der Waals surface area contributed by atoms with E-state index in [4.69, 9.17) is 26.1 Å². The van der Waals surface area contributed by atoms with Crippen LogP contribution in [-0.4, -0.2) is 119 Å². The number of nitrogens with zero attached hydrogens (tertiary/aromatic N) is 6. The summed E-state index contributed by atoms with van der Waals surface area (Å²) in [5.74, 6) is -0.910. The number of rotatable bonds is 12. The van der Waals surface area contributed by atoms with E-state index in [0.717, 1.165) is 56.0 Å². The number of carbonyl (C=O) groups is 2. The third-order valence-corrected chi connectivity index (χ3v) is 14.5. The number of amides is 2. The molecule has 0 bridgehead atoms. The first kappa shape index (κ1) is 45.1. The molecule has 3 aliphatic heterocycles. The highest BCUT2D eigenvalue weighted by molar-refractivity contribution is 7.90. The SMILES string of the molecule is CN1C(=O)CN(c2cc(N3CCN(CC4=C(c5ccc(Cl)cc5)CC(C)(C)CC4)CC3)ccc2C(=O)NS(=O)(=O)c2ccc(NCC3COCCO3)c([N+](=O)[O-])c2)c2cc3cc[nH]c3nc21. The van der Waals surface area contributed by atoms with E-state index in [1.807, 2.05) is 30.3 Å². The number of carbonyl (C=O) groups excluding carboxylic acids is 2. The van der Waals surface area contributed by atoms with E-state index < -0.39 is 31.4 Å². The Kier molecular flexibility index (Phi) is 12.5. The van der Waals surface area contributed by atoms with Crippen LogP contribution < -0.4 is 24.7 Å². The lowest BCUT2D eigenvalue weighted by Gasteiger charge is -2.40. The fraction of sp³-hybridized carbons (Fsp3) is 0.383. The molecule has 0 saturated carbocycles. The molecule has 346 valence electrons. The van der Waals surface area contributed by atoms with Gasteiger partial charge in [-0.3, -0.25) is 29.5 Å². The second-order valence-electron chi connectivity index (χ2n) is 18.0.